The Hall–Kier alpha value is -3.06. The van der Waals surface area contributed by atoms with Crippen LogP contribution in [0.25, 0.3) is 0 Å². The number of hydrazone groups is 1. The van der Waals surface area contributed by atoms with Crippen LogP contribution in [-0.4, -0.2) is 48.1 Å². The minimum absolute atomic E-state index is 0.125. The minimum Gasteiger partial charge on any atom is -0.508 e. The van der Waals surface area contributed by atoms with E-state index in [0.29, 0.717) is 33.6 Å². The van der Waals surface area contributed by atoms with Crippen LogP contribution in [0.4, 0.5) is 5.69 Å². The number of anilines is 1. The summed E-state index contributed by atoms with van der Waals surface area (Å²) in [5.74, 6) is -1.59. The number of hydrogen-bond donors (Lipinski definition) is 3. The smallest absolute Gasteiger partial charge is 0.349 e. The van der Waals surface area contributed by atoms with Crippen molar-refractivity contribution >= 4 is 62.2 Å². The Morgan fingerprint density at radius 1 is 0.951 bits per heavy atom. The van der Waals surface area contributed by atoms with Gasteiger partial charge in [0.05, 0.1) is 16.8 Å². The number of benzene rings is 3. The average Bonchev–Trinajstić information content (AvgIpc) is 3.36. The molecule has 2 aliphatic rings. The van der Waals surface area contributed by atoms with E-state index in [1.165, 1.54) is 0 Å². The summed E-state index contributed by atoms with van der Waals surface area (Å²) in [5.41, 5.74) is 4.21. The van der Waals surface area contributed by atoms with E-state index in [-0.39, 0.29) is 31.0 Å². The molecule has 2 heterocycles. The number of phenols is 2. The van der Waals surface area contributed by atoms with Gasteiger partial charge in [-0.2, -0.15) is 18.9 Å². The first-order chi connectivity index (χ1) is 19.5. The molecule has 216 valence electrons. The number of phenolic OH excluding ortho intramolecular Hbond substituents is 2. The van der Waals surface area contributed by atoms with Gasteiger partial charge in [0.15, 0.2) is 0 Å². The molecule has 1 unspecified atom stereocenters. The quantitative estimate of drug-likeness (QED) is 0.223. The van der Waals surface area contributed by atoms with E-state index >= 15 is 0 Å². The lowest BCUT2D eigenvalue weighted by Gasteiger charge is -2.35. The molecular weight excluding hydrogens is 615 g/mol. The Labute approximate surface area is 251 Å². The van der Waals surface area contributed by atoms with Gasteiger partial charge in [0.2, 0.25) is 0 Å². The average molecular weight is 641 g/mol. The summed E-state index contributed by atoms with van der Waals surface area (Å²) in [5, 5.41) is 27.5. The molecular formula is C27H26Cl3N4O6S+. The Bertz CT molecular complexity index is 1610. The molecule has 1 amide bonds. The number of amides is 1. The van der Waals surface area contributed by atoms with Crippen molar-refractivity contribution < 1.29 is 32.5 Å². The molecule has 3 aromatic rings. The fourth-order valence-electron chi connectivity index (χ4n) is 4.89. The summed E-state index contributed by atoms with van der Waals surface area (Å²) < 4.78 is 31.3. The van der Waals surface area contributed by atoms with Gasteiger partial charge in [-0.15, -0.1) is 0 Å². The Kier molecular flexibility index (Phi) is 8.38. The first-order valence-corrected chi connectivity index (χ1v) is 15.3. The van der Waals surface area contributed by atoms with Crippen molar-refractivity contribution in [2.24, 2.45) is 5.10 Å². The van der Waals surface area contributed by atoms with E-state index < -0.39 is 37.5 Å². The number of hydroxylamine groups is 2. The highest BCUT2D eigenvalue weighted by molar-refractivity contribution is 7.86. The molecule has 0 saturated carbocycles. The van der Waals surface area contributed by atoms with Crippen LogP contribution in [0, 0.1) is 0 Å². The number of carbonyl (C=O) groups excluding carboxylic acids is 1. The topological polar surface area (TPSA) is 129 Å². The Morgan fingerprint density at radius 3 is 2.32 bits per heavy atom. The highest BCUT2D eigenvalue weighted by Gasteiger charge is 2.44. The van der Waals surface area contributed by atoms with Gasteiger partial charge in [-0.3, -0.25) is 9.80 Å². The molecule has 14 heteroatoms. The molecule has 1 atom stereocenters. The van der Waals surface area contributed by atoms with Gasteiger partial charge in [-0.05, 0) is 58.7 Å². The molecule has 0 radical (unpaired) electrons. The molecule has 41 heavy (non-hydrogen) atoms. The predicted octanol–water partition coefficient (Wildman–Crippen LogP) is 5.72. The van der Waals surface area contributed by atoms with Gasteiger partial charge in [0, 0.05) is 35.4 Å². The molecule has 3 aromatic carbocycles. The fourth-order valence-corrected chi connectivity index (χ4v) is 6.74. The lowest BCUT2D eigenvalue weighted by atomic mass is 10.0. The van der Waals surface area contributed by atoms with Gasteiger partial charge in [0.1, 0.15) is 35.2 Å². The molecule has 0 spiro atoms. The predicted molar refractivity (Wildman–Crippen MR) is 155 cm³/mol. The summed E-state index contributed by atoms with van der Waals surface area (Å²) >= 11 is 18.7. The first kappa shape index (κ1) is 29.4. The number of halogens is 3. The summed E-state index contributed by atoms with van der Waals surface area (Å²) in [6.45, 7) is 0.316. The summed E-state index contributed by atoms with van der Waals surface area (Å²) in [6, 6.07) is 14.7. The maximum absolute atomic E-state index is 13.7. The second-order valence-electron chi connectivity index (χ2n) is 9.78. The lowest BCUT2D eigenvalue weighted by Crippen LogP contribution is -2.64. The van der Waals surface area contributed by atoms with Crippen LogP contribution in [0.15, 0.2) is 70.7 Å². The molecule has 1 saturated heterocycles. The van der Waals surface area contributed by atoms with Crippen molar-refractivity contribution in [1.82, 2.24) is 5.43 Å². The number of rotatable bonds is 7. The number of piperidine rings is 1. The monoisotopic (exact) mass is 639 g/mol. The zero-order chi connectivity index (χ0) is 29.4. The molecule has 10 nitrogen and oxygen atoms in total. The molecule has 1 fully saturated rings. The second-order valence-corrected chi connectivity index (χ2v) is 12.6. The Balaban J connectivity index is 1.46. The standard InChI is InChI=1S/C27H25Cl3N4O6S/c28-18-6-4-17(5-7-18)24-16-22(31-33(24)23-10-8-19(29)14-21(23)30)27(37)32-34(12-2-1-3-13-34)40-41(38,39)26-15-20(35)9-11-25(26)36/h4-11,14-15,24H,1-3,12-13,16H2,(H2-,31,32,35,36,37)/p+1. The van der Waals surface area contributed by atoms with E-state index in [2.05, 4.69) is 10.5 Å². The van der Waals surface area contributed by atoms with Crippen LogP contribution in [0.1, 0.15) is 37.3 Å². The molecule has 0 aliphatic carbocycles. The van der Waals surface area contributed by atoms with E-state index in [0.717, 1.165) is 30.2 Å². The van der Waals surface area contributed by atoms with Crippen molar-refractivity contribution in [3.63, 3.8) is 0 Å². The van der Waals surface area contributed by atoms with E-state index in [4.69, 9.17) is 39.1 Å². The van der Waals surface area contributed by atoms with Gasteiger partial charge in [-0.1, -0.05) is 51.7 Å². The van der Waals surface area contributed by atoms with Crippen LogP contribution in [0.2, 0.25) is 15.1 Å². The van der Waals surface area contributed by atoms with Crippen LogP contribution < -0.4 is 10.4 Å². The van der Waals surface area contributed by atoms with Gasteiger partial charge >= 0.3 is 16.0 Å². The number of hydrogen-bond acceptors (Lipinski definition) is 8. The van der Waals surface area contributed by atoms with Crippen LogP contribution in [-0.2, 0) is 19.2 Å². The third-order valence-corrected chi connectivity index (χ3v) is 9.02. The lowest BCUT2D eigenvalue weighted by molar-refractivity contribution is -1.11. The summed E-state index contributed by atoms with van der Waals surface area (Å²) in [6.07, 6.45) is 2.15. The zero-order valence-electron chi connectivity index (χ0n) is 21.5. The van der Waals surface area contributed by atoms with Crippen molar-refractivity contribution in [2.75, 3.05) is 18.1 Å². The van der Waals surface area contributed by atoms with Crippen LogP contribution >= 0.6 is 34.8 Å². The van der Waals surface area contributed by atoms with Crippen LogP contribution in [0.5, 0.6) is 11.5 Å². The highest BCUT2D eigenvalue weighted by Crippen LogP contribution is 2.40. The van der Waals surface area contributed by atoms with E-state index in [9.17, 15) is 23.4 Å². The summed E-state index contributed by atoms with van der Waals surface area (Å²) in [7, 11) is -4.61. The number of aromatic hydroxyl groups is 2. The third-order valence-electron chi connectivity index (χ3n) is 6.88. The number of nitrogens with zero attached hydrogens (tertiary/aromatic N) is 3. The molecule has 5 rings (SSSR count). The first-order valence-electron chi connectivity index (χ1n) is 12.7. The number of quaternary nitrogens is 1. The number of nitrogens with one attached hydrogen (secondary N) is 1. The third kappa shape index (κ3) is 6.40. The second kappa shape index (κ2) is 11.7. The molecule has 0 aromatic heterocycles. The van der Waals surface area contributed by atoms with Gasteiger partial charge in [-0.25, -0.2) is 0 Å². The van der Waals surface area contributed by atoms with Gasteiger partial charge < -0.3 is 10.2 Å². The normalized spacial score (nSPS) is 18.7. The molecule has 0 bridgehead atoms. The fraction of sp³-hybridized carbons (Fsp3) is 0.259. The van der Waals surface area contributed by atoms with Crippen molar-refractivity contribution in [2.45, 2.75) is 36.6 Å². The zero-order valence-corrected chi connectivity index (χ0v) is 24.6. The summed E-state index contributed by atoms with van der Waals surface area (Å²) in [4.78, 5) is 13.1. The Morgan fingerprint density at radius 2 is 1.63 bits per heavy atom. The molecule has 3 N–H and O–H groups in total. The minimum atomic E-state index is -4.61. The van der Waals surface area contributed by atoms with Crippen LogP contribution in [0.3, 0.4) is 0 Å². The van der Waals surface area contributed by atoms with Crippen molar-refractivity contribution in [3.05, 3.63) is 81.3 Å². The highest BCUT2D eigenvalue weighted by atomic mass is 35.5. The maximum Gasteiger partial charge on any atom is 0.349 e. The maximum atomic E-state index is 13.7. The van der Waals surface area contributed by atoms with Crippen molar-refractivity contribution in [1.29, 1.82) is 0 Å². The van der Waals surface area contributed by atoms with E-state index in [1.54, 1.807) is 35.3 Å². The molecule has 2 aliphatic heterocycles. The van der Waals surface area contributed by atoms with Crippen molar-refractivity contribution in [3.8, 4) is 11.5 Å². The number of carbonyl (C=O) groups is 1. The van der Waals surface area contributed by atoms with E-state index in [1.807, 2.05) is 12.1 Å². The SMILES string of the molecule is O=C(N[N+]1(OS(=O)(=O)c2cc(O)ccc2O)CCCCC1)C1=NN(c2ccc(Cl)cc2Cl)C(c2ccc(Cl)cc2)C1. The largest absolute Gasteiger partial charge is 0.508 e. The van der Waals surface area contributed by atoms with Gasteiger partial charge in [0.25, 0.3) is 0 Å².